The van der Waals surface area contributed by atoms with Crippen molar-refractivity contribution in [3.05, 3.63) is 23.7 Å². The molecule has 1 spiro atoms. The molecule has 0 aromatic carbocycles. The molecule has 2 fully saturated rings. The summed E-state index contributed by atoms with van der Waals surface area (Å²) < 4.78 is 5.61. The number of hydrogen-bond donors (Lipinski definition) is 1. The number of carbonyl (C=O) groups excluding carboxylic acids is 1. The summed E-state index contributed by atoms with van der Waals surface area (Å²) in [7, 11) is 2.17. The molecule has 1 atom stereocenters. The van der Waals surface area contributed by atoms with Gasteiger partial charge >= 0.3 is 6.03 Å². The fourth-order valence-corrected chi connectivity index (χ4v) is 4.15. The maximum Gasteiger partial charge on any atom is 0.318 e. The molecule has 2 aliphatic rings. The molecule has 0 unspecified atom stereocenters. The van der Waals surface area contributed by atoms with Crippen molar-refractivity contribution in [2.24, 2.45) is 0 Å². The number of piperidine rings is 1. The van der Waals surface area contributed by atoms with Crippen LogP contribution >= 0.6 is 0 Å². The third-order valence-corrected chi connectivity index (χ3v) is 5.75. The highest BCUT2D eigenvalue weighted by Gasteiger charge is 2.45. The predicted octanol–water partition coefficient (Wildman–Crippen LogP) is 3.18. The lowest BCUT2D eigenvalue weighted by Crippen LogP contribution is -2.56. The molecule has 1 N–H and O–H groups in total. The van der Waals surface area contributed by atoms with E-state index in [9.17, 15) is 4.79 Å². The van der Waals surface area contributed by atoms with Crippen LogP contribution in [0.15, 0.2) is 16.5 Å². The average Bonchev–Trinajstić information content (AvgIpc) is 3.15. The molecule has 2 aliphatic heterocycles. The van der Waals surface area contributed by atoms with Gasteiger partial charge in [-0.3, -0.25) is 0 Å². The van der Waals surface area contributed by atoms with Gasteiger partial charge in [-0.2, -0.15) is 0 Å². The molecule has 3 heterocycles. The van der Waals surface area contributed by atoms with Gasteiger partial charge in [-0.05, 0) is 65.1 Å². The second-order valence-corrected chi connectivity index (χ2v) is 7.68. The standard InChI is InChI=1S/C19H31N3O2/c1-15(5-7-17-8-6-16(2)24-17)20-18(23)22-12-4-9-19(22)10-13-21(3)14-11-19/h6,8,15H,4-5,7,9-14H2,1-3H3,(H,20,23)/t15-/m0/s1. The van der Waals surface area contributed by atoms with E-state index in [4.69, 9.17) is 4.42 Å². The van der Waals surface area contributed by atoms with E-state index < -0.39 is 0 Å². The van der Waals surface area contributed by atoms with Gasteiger partial charge in [0.25, 0.3) is 0 Å². The van der Waals surface area contributed by atoms with E-state index in [1.807, 2.05) is 19.1 Å². The van der Waals surface area contributed by atoms with Crippen LogP contribution in [0.25, 0.3) is 0 Å². The summed E-state index contributed by atoms with van der Waals surface area (Å²) in [5.74, 6) is 1.95. The highest BCUT2D eigenvalue weighted by molar-refractivity contribution is 5.75. The molecule has 5 heteroatoms. The Morgan fingerprint density at radius 2 is 2.04 bits per heavy atom. The van der Waals surface area contributed by atoms with Crippen molar-refractivity contribution in [3.8, 4) is 0 Å². The maximum absolute atomic E-state index is 12.8. The molecule has 0 radical (unpaired) electrons. The molecule has 3 rings (SSSR count). The number of aryl methyl sites for hydroxylation is 2. The molecule has 134 valence electrons. The molecule has 24 heavy (non-hydrogen) atoms. The predicted molar refractivity (Wildman–Crippen MR) is 95.2 cm³/mol. The number of likely N-dealkylation sites (tertiary alicyclic amines) is 2. The summed E-state index contributed by atoms with van der Waals surface area (Å²) in [5.41, 5.74) is 0.106. The summed E-state index contributed by atoms with van der Waals surface area (Å²) in [6.45, 7) is 7.14. The van der Waals surface area contributed by atoms with Crippen LogP contribution in [-0.4, -0.2) is 54.1 Å². The Bertz CT molecular complexity index is 561. The van der Waals surface area contributed by atoms with Gasteiger partial charge in [-0.25, -0.2) is 4.79 Å². The zero-order chi connectivity index (χ0) is 17.2. The molecule has 2 amide bonds. The minimum atomic E-state index is 0.106. The number of nitrogens with zero attached hydrogens (tertiary/aromatic N) is 2. The largest absolute Gasteiger partial charge is 0.466 e. The second kappa shape index (κ2) is 7.18. The summed E-state index contributed by atoms with van der Waals surface area (Å²) in [6.07, 6.45) is 6.28. The van der Waals surface area contributed by atoms with Gasteiger partial charge in [0.1, 0.15) is 11.5 Å². The topological polar surface area (TPSA) is 48.7 Å². The van der Waals surface area contributed by atoms with Crippen molar-refractivity contribution in [3.63, 3.8) is 0 Å². The van der Waals surface area contributed by atoms with Gasteiger partial charge in [0.05, 0.1) is 0 Å². The summed E-state index contributed by atoms with van der Waals surface area (Å²) in [6, 6.07) is 4.30. The van der Waals surface area contributed by atoms with E-state index in [1.165, 1.54) is 0 Å². The fourth-order valence-electron chi connectivity index (χ4n) is 4.15. The molecular weight excluding hydrogens is 302 g/mol. The lowest BCUT2D eigenvalue weighted by Gasteiger charge is -2.44. The number of hydrogen-bond acceptors (Lipinski definition) is 3. The van der Waals surface area contributed by atoms with Gasteiger partial charge in [0.15, 0.2) is 0 Å². The Labute approximate surface area is 145 Å². The smallest absolute Gasteiger partial charge is 0.318 e. The highest BCUT2D eigenvalue weighted by atomic mass is 16.3. The summed E-state index contributed by atoms with van der Waals surface area (Å²) in [5, 5.41) is 3.21. The molecule has 0 bridgehead atoms. The number of amides is 2. The van der Waals surface area contributed by atoms with Crippen LogP contribution in [0.5, 0.6) is 0 Å². The highest BCUT2D eigenvalue weighted by Crippen LogP contribution is 2.38. The average molecular weight is 333 g/mol. The first-order valence-corrected chi connectivity index (χ1v) is 9.30. The maximum atomic E-state index is 12.8. The zero-order valence-corrected chi connectivity index (χ0v) is 15.3. The minimum absolute atomic E-state index is 0.106. The summed E-state index contributed by atoms with van der Waals surface area (Å²) >= 11 is 0. The molecule has 0 aliphatic carbocycles. The van der Waals surface area contributed by atoms with Gasteiger partial charge < -0.3 is 19.5 Å². The third-order valence-electron chi connectivity index (χ3n) is 5.75. The zero-order valence-electron chi connectivity index (χ0n) is 15.3. The lowest BCUT2D eigenvalue weighted by atomic mass is 9.85. The van der Waals surface area contributed by atoms with Crippen LogP contribution in [0.4, 0.5) is 4.79 Å². The number of furan rings is 1. The first kappa shape index (κ1) is 17.3. The number of rotatable bonds is 4. The quantitative estimate of drug-likeness (QED) is 0.920. The number of nitrogens with one attached hydrogen (secondary N) is 1. The third kappa shape index (κ3) is 3.77. The van der Waals surface area contributed by atoms with Gasteiger partial charge in [-0.1, -0.05) is 0 Å². The van der Waals surface area contributed by atoms with Crippen LogP contribution in [-0.2, 0) is 6.42 Å². The van der Waals surface area contributed by atoms with E-state index in [0.717, 1.165) is 69.7 Å². The Hall–Kier alpha value is -1.49. The van der Waals surface area contributed by atoms with E-state index in [0.29, 0.717) is 0 Å². The van der Waals surface area contributed by atoms with E-state index in [1.54, 1.807) is 0 Å². The van der Waals surface area contributed by atoms with Crippen molar-refractivity contribution >= 4 is 6.03 Å². The second-order valence-electron chi connectivity index (χ2n) is 7.68. The minimum Gasteiger partial charge on any atom is -0.466 e. The molecular formula is C19H31N3O2. The van der Waals surface area contributed by atoms with E-state index in [2.05, 4.69) is 29.1 Å². The van der Waals surface area contributed by atoms with E-state index >= 15 is 0 Å². The Balaban J connectivity index is 1.51. The van der Waals surface area contributed by atoms with Crippen molar-refractivity contribution in [2.75, 3.05) is 26.7 Å². The lowest BCUT2D eigenvalue weighted by molar-refractivity contribution is 0.0817. The Morgan fingerprint density at radius 1 is 1.29 bits per heavy atom. The SMILES string of the molecule is Cc1ccc(CC[C@H](C)NC(=O)N2CCCC23CCN(C)CC3)o1. The number of carbonyl (C=O) groups is 1. The van der Waals surface area contributed by atoms with Crippen LogP contribution in [0.3, 0.4) is 0 Å². The fraction of sp³-hybridized carbons (Fsp3) is 0.737. The monoisotopic (exact) mass is 333 g/mol. The van der Waals surface area contributed by atoms with Crippen molar-refractivity contribution < 1.29 is 9.21 Å². The van der Waals surface area contributed by atoms with Crippen molar-refractivity contribution in [1.82, 2.24) is 15.1 Å². The normalized spacial score (nSPS) is 22.0. The molecule has 1 aromatic heterocycles. The molecule has 5 nitrogen and oxygen atoms in total. The van der Waals surface area contributed by atoms with Crippen LogP contribution in [0.1, 0.15) is 50.5 Å². The van der Waals surface area contributed by atoms with Crippen molar-refractivity contribution in [1.29, 1.82) is 0 Å². The summed E-state index contributed by atoms with van der Waals surface area (Å²) in [4.78, 5) is 17.3. The Morgan fingerprint density at radius 3 is 2.71 bits per heavy atom. The molecule has 0 saturated carbocycles. The van der Waals surface area contributed by atoms with Crippen LogP contribution in [0.2, 0.25) is 0 Å². The molecule has 1 aromatic rings. The first-order valence-electron chi connectivity index (χ1n) is 9.30. The Kier molecular flexibility index (Phi) is 5.18. The van der Waals surface area contributed by atoms with Gasteiger partial charge in [0, 0.05) is 37.6 Å². The van der Waals surface area contributed by atoms with Crippen LogP contribution < -0.4 is 5.32 Å². The molecule has 2 saturated heterocycles. The number of urea groups is 1. The first-order chi connectivity index (χ1) is 11.5. The van der Waals surface area contributed by atoms with Gasteiger partial charge in [-0.15, -0.1) is 0 Å². The van der Waals surface area contributed by atoms with Crippen molar-refractivity contribution in [2.45, 2.75) is 64.0 Å². The van der Waals surface area contributed by atoms with Gasteiger partial charge in [0.2, 0.25) is 0 Å². The van der Waals surface area contributed by atoms with Crippen LogP contribution in [0, 0.1) is 6.92 Å². The van der Waals surface area contributed by atoms with E-state index in [-0.39, 0.29) is 17.6 Å².